The molecule has 0 spiro atoms. The van der Waals surface area contributed by atoms with Crippen LogP contribution in [-0.2, 0) is 6.42 Å². The molecule has 2 rings (SSSR count). The number of nitrogens with zero attached hydrogens (tertiary/aromatic N) is 1. The minimum absolute atomic E-state index is 0.126. The monoisotopic (exact) mass is 178 g/mol. The van der Waals surface area contributed by atoms with Crippen LogP contribution in [0.25, 0.3) is 11.0 Å². The molecule has 4 heteroatoms. The molecule has 0 unspecified atom stereocenters. The van der Waals surface area contributed by atoms with Gasteiger partial charge in [0.25, 0.3) is 0 Å². The van der Waals surface area contributed by atoms with Gasteiger partial charge in [0.1, 0.15) is 5.82 Å². The zero-order valence-electron chi connectivity index (χ0n) is 7.20. The van der Waals surface area contributed by atoms with Crippen LogP contribution >= 0.6 is 0 Å². The fourth-order valence-corrected chi connectivity index (χ4v) is 1.25. The standard InChI is InChI=1S/C9H10N2O2/c1-2-9-10-5-3-7(12)8(13)4-6(5)11-9/h3-4,12-13H,2H2,1H3,(H,10,11). The Morgan fingerprint density at radius 1 is 1.31 bits per heavy atom. The maximum atomic E-state index is 9.20. The Kier molecular flexibility index (Phi) is 1.62. The van der Waals surface area contributed by atoms with Gasteiger partial charge in [0.2, 0.25) is 0 Å². The average molecular weight is 178 g/mol. The smallest absolute Gasteiger partial charge is 0.159 e. The number of phenols is 2. The lowest BCUT2D eigenvalue weighted by atomic mass is 10.3. The topological polar surface area (TPSA) is 69.1 Å². The molecule has 1 aromatic carbocycles. The molecule has 0 radical (unpaired) electrons. The second kappa shape index (κ2) is 2.65. The quantitative estimate of drug-likeness (QED) is 0.580. The summed E-state index contributed by atoms with van der Waals surface area (Å²) in [6.45, 7) is 1.98. The molecule has 1 aromatic heterocycles. The molecule has 0 saturated heterocycles. The van der Waals surface area contributed by atoms with Crippen LogP contribution in [0.5, 0.6) is 11.5 Å². The number of nitrogens with one attached hydrogen (secondary N) is 1. The minimum Gasteiger partial charge on any atom is -0.504 e. The van der Waals surface area contributed by atoms with Crippen molar-refractivity contribution in [2.75, 3.05) is 0 Å². The molecule has 0 aliphatic heterocycles. The summed E-state index contributed by atoms with van der Waals surface area (Å²) in [5, 5.41) is 18.4. The van der Waals surface area contributed by atoms with Crippen molar-refractivity contribution >= 4 is 11.0 Å². The van der Waals surface area contributed by atoms with E-state index in [2.05, 4.69) is 9.97 Å². The highest BCUT2D eigenvalue weighted by molar-refractivity contribution is 5.79. The molecule has 0 amide bonds. The van der Waals surface area contributed by atoms with Crippen LogP contribution in [-0.4, -0.2) is 20.2 Å². The lowest BCUT2D eigenvalue weighted by molar-refractivity contribution is 0.405. The number of fused-ring (bicyclic) bond motifs is 1. The largest absolute Gasteiger partial charge is 0.504 e. The normalized spacial score (nSPS) is 10.8. The van der Waals surface area contributed by atoms with Gasteiger partial charge in [-0.3, -0.25) is 0 Å². The summed E-state index contributed by atoms with van der Waals surface area (Å²) >= 11 is 0. The summed E-state index contributed by atoms with van der Waals surface area (Å²) < 4.78 is 0. The van der Waals surface area contributed by atoms with Crippen molar-refractivity contribution in [3.63, 3.8) is 0 Å². The number of hydrogen-bond acceptors (Lipinski definition) is 3. The number of benzene rings is 1. The number of H-pyrrole nitrogens is 1. The average Bonchev–Trinajstić information content (AvgIpc) is 2.48. The van der Waals surface area contributed by atoms with Crippen LogP contribution in [0.1, 0.15) is 12.7 Å². The molecule has 0 saturated carbocycles. The molecule has 2 aromatic rings. The summed E-state index contributed by atoms with van der Waals surface area (Å²) in [5.74, 6) is 0.584. The first kappa shape index (κ1) is 7.91. The highest BCUT2D eigenvalue weighted by Crippen LogP contribution is 2.28. The first-order valence-electron chi connectivity index (χ1n) is 4.11. The number of aromatic nitrogens is 2. The van der Waals surface area contributed by atoms with Crippen LogP contribution in [0.15, 0.2) is 12.1 Å². The molecule has 1 heterocycles. The summed E-state index contributed by atoms with van der Waals surface area (Å²) in [5.41, 5.74) is 1.42. The Morgan fingerprint density at radius 3 is 2.69 bits per heavy atom. The second-order valence-electron chi connectivity index (χ2n) is 2.90. The third-order valence-electron chi connectivity index (χ3n) is 1.96. The van der Waals surface area contributed by atoms with Gasteiger partial charge in [0.05, 0.1) is 11.0 Å². The Morgan fingerprint density at radius 2 is 2.00 bits per heavy atom. The minimum atomic E-state index is -0.137. The molecule has 0 atom stereocenters. The van der Waals surface area contributed by atoms with Crippen LogP contribution in [0, 0.1) is 0 Å². The number of aryl methyl sites for hydroxylation is 1. The predicted octanol–water partition coefficient (Wildman–Crippen LogP) is 1.54. The summed E-state index contributed by atoms with van der Waals surface area (Å²) in [6, 6.07) is 2.91. The maximum absolute atomic E-state index is 9.20. The van der Waals surface area contributed by atoms with E-state index in [0.29, 0.717) is 5.52 Å². The predicted molar refractivity (Wildman–Crippen MR) is 48.8 cm³/mol. The molecule has 3 N–H and O–H groups in total. The molecule has 0 fully saturated rings. The van der Waals surface area contributed by atoms with Crippen molar-refractivity contribution in [3.8, 4) is 11.5 Å². The molecular formula is C9H10N2O2. The molecule has 0 aliphatic carbocycles. The van der Waals surface area contributed by atoms with Crippen LogP contribution < -0.4 is 0 Å². The molecule has 0 aliphatic rings. The van der Waals surface area contributed by atoms with Gasteiger partial charge in [-0.1, -0.05) is 6.92 Å². The van der Waals surface area contributed by atoms with Crippen LogP contribution in [0.2, 0.25) is 0 Å². The van der Waals surface area contributed by atoms with Gasteiger partial charge < -0.3 is 15.2 Å². The van der Waals surface area contributed by atoms with E-state index in [9.17, 15) is 10.2 Å². The number of hydrogen-bond donors (Lipinski definition) is 3. The van der Waals surface area contributed by atoms with Gasteiger partial charge in [-0.25, -0.2) is 4.98 Å². The van der Waals surface area contributed by atoms with Crippen molar-refractivity contribution in [1.29, 1.82) is 0 Å². The van der Waals surface area contributed by atoms with Gasteiger partial charge in [0, 0.05) is 18.6 Å². The zero-order chi connectivity index (χ0) is 9.42. The van der Waals surface area contributed by atoms with E-state index in [4.69, 9.17) is 0 Å². The maximum Gasteiger partial charge on any atom is 0.159 e. The molecule has 13 heavy (non-hydrogen) atoms. The van der Waals surface area contributed by atoms with Crippen molar-refractivity contribution in [3.05, 3.63) is 18.0 Å². The summed E-state index contributed by atoms with van der Waals surface area (Å²) in [4.78, 5) is 7.24. The van der Waals surface area contributed by atoms with E-state index in [1.165, 1.54) is 12.1 Å². The van der Waals surface area contributed by atoms with E-state index in [1.807, 2.05) is 6.92 Å². The highest BCUT2D eigenvalue weighted by atomic mass is 16.3. The van der Waals surface area contributed by atoms with Gasteiger partial charge in [-0.05, 0) is 0 Å². The fourth-order valence-electron chi connectivity index (χ4n) is 1.25. The Bertz CT molecular complexity index is 409. The first-order chi connectivity index (χ1) is 6.20. The number of phenolic OH excluding ortho intramolecular Hbond substituents is 2. The summed E-state index contributed by atoms with van der Waals surface area (Å²) in [6.07, 6.45) is 0.802. The lowest BCUT2D eigenvalue weighted by Gasteiger charge is -1.94. The Hall–Kier alpha value is -1.71. The van der Waals surface area contributed by atoms with Crippen molar-refractivity contribution in [1.82, 2.24) is 9.97 Å². The second-order valence-corrected chi connectivity index (χ2v) is 2.90. The van der Waals surface area contributed by atoms with Crippen molar-refractivity contribution < 1.29 is 10.2 Å². The first-order valence-corrected chi connectivity index (χ1v) is 4.11. The number of imidazole rings is 1. The lowest BCUT2D eigenvalue weighted by Crippen LogP contribution is -1.79. The van der Waals surface area contributed by atoms with E-state index < -0.39 is 0 Å². The summed E-state index contributed by atoms with van der Waals surface area (Å²) in [7, 11) is 0. The Labute approximate surface area is 74.9 Å². The van der Waals surface area contributed by atoms with Crippen molar-refractivity contribution in [2.24, 2.45) is 0 Å². The molecule has 4 nitrogen and oxygen atoms in total. The molecular weight excluding hydrogens is 168 g/mol. The third-order valence-corrected chi connectivity index (χ3v) is 1.96. The Balaban J connectivity index is 2.70. The van der Waals surface area contributed by atoms with Crippen molar-refractivity contribution in [2.45, 2.75) is 13.3 Å². The van der Waals surface area contributed by atoms with E-state index in [1.54, 1.807) is 0 Å². The third kappa shape index (κ3) is 1.20. The number of rotatable bonds is 1. The fraction of sp³-hybridized carbons (Fsp3) is 0.222. The molecule has 0 bridgehead atoms. The SMILES string of the molecule is CCc1nc2cc(O)c(O)cc2[nH]1. The van der Waals surface area contributed by atoms with Gasteiger partial charge in [-0.15, -0.1) is 0 Å². The number of aromatic hydroxyl groups is 2. The van der Waals surface area contributed by atoms with Gasteiger partial charge in [0.15, 0.2) is 11.5 Å². The zero-order valence-corrected chi connectivity index (χ0v) is 7.20. The van der Waals surface area contributed by atoms with Gasteiger partial charge in [-0.2, -0.15) is 0 Å². The van der Waals surface area contributed by atoms with Gasteiger partial charge >= 0.3 is 0 Å². The van der Waals surface area contributed by atoms with Crippen LogP contribution in [0.3, 0.4) is 0 Å². The highest BCUT2D eigenvalue weighted by Gasteiger charge is 2.05. The van der Waals surface area contributed by atoms with Crippen LogP contribution in [0.4, 0.5) is 0 Å². The van der Waals surface area contributed by atoms with E-state index in [-0.39, 0.29) is 11.5 Å². The number of aromatic amines is 1. The van der Waals surface area contributed by atoms with E-state index >= 15 is 0 Å². The molecule has 68 valence electrons. The van der Waals surface area contributed by atoms with E-state index in [0.717, 1.165) is 17.8 Å².